The first kappa shape index (κ1) is 23.4. The number of carbonyl (C=O) groups is 1. The predicted octanol–water partition coefficient (Wildman–Crippen LogP) is 3.70. The molecule has 2 aliphatic heterocycles. The van der Waals surface area contributed by atoms with Crippen LogP contribution in [0.15, 0.2) is 30.6 Å². The van der Waals surface area contributed by atoms with Crippen molar-refractivity contribution < 1.29 is 28.1 Å². The number of hydrogen-bond acceptors (Lipinski definition) is 7. The number of halogens is 2. The van der Waals surface area contributed by atoms with Crippen LogP contribution in [0.1, 0.15) is 16.1 Å². The molecule has 1 unspecified atom stereocenters. The van der Waals surface area contributed by atoms with Crippen molar-refractivity contribution in [2.45, 2.75) is 12.5 Å². The van der Waals surface area contributed by atoms with Crippen LogP contribution in [0.25, 0.3) is 11.3 Å². The van der Waals surface area contributed by atoms with E-state index in [4.69, 9.17) is 30.5 Å². The van der Waals surface area contributed by atoms with Gasteiger partial charge in [-0.15, -0.1) is 0 Å². The second kappa shape index (κ2) is 10.1. The summed E-state index contributed by atoms with van der Waals surface area (Å²) < 4.78 is 36.8. The van der Waals surface area contributed by atoms with Gasteiger partial charge in [0.2, 0.25) is 0 Å². The molecule has 1 atom stereocenters. The van der Waals surface area contributed by atoms with E-state index in [9.17, 15) is 9.18 Å². The molecule has 1 fully saturated rings. The first-order chi connectivity index (χ1) is 17.0. The van der Waals surface area contributed by atoms with Crippen molar-refractivity contribution in [3.05, 3.63) is 52.7 Å². The molecule has 11 heteroatoms. The van der Waals surface area contributed by atoms with Gasteiger partial charge in [-0.2, -0.15) is 0 Å². The van der Waals surface area contributed by atoms with E-state index < -0.39 is 5.82 Å². The predicted molar refractivity (Wildman–Crippen MR) is 127 cm³/mol. The maximum Gasteiger partial charge on any atom is 0.255 e. The number of anilines is 2. The van der Waals surface area contributed by atoms with Crippen LogP contribution in [0.3, 0.4) is 0 Å². The molecule has 9 nitrogen and oxygen atoms in total. The number of carbonyl (C=O) groups excluding carboxylic acids is 1. The molecular formula is C24H24ClFN4O5. The van der Waals surface area contributed by atoms with E-state index in [1.54, 1.807) is 18.5 Å². The molecule has 0 aliphatic carbocycles. The molecule has 1 saturated heterocycles. The Morgan fingerprint density at radius 1 is 1.34 bits per heavy atom. The molecule has 0 radical (unpaired) electrons. The molecule has 5 rings (SSSR count). The number of H-pyrrole nitrogens is 1. The van der Waals surface area contributed by atoms with Crippen molar-refractivity contribution in [1.82, 2.24) is 15.3 Å². The Bertz CT molecular complexity index is 1240. The Labute approximate surface area is 205 Å². The Kier molecular flexibility index (Phi) is 6.76. The van der Waals surface area contributed by atoms with Crippen LogP contribution in [-0.4, -0.2) is 62.1 Å². The minimum absolute atomic E-state index is 0.105. The average molecular weight is 503 g/mol. The molecule has 2 aromatic heterocycles. The Morgan fingerprint density at radius 3 is 3.03 bits per heavy atom. The second-order valence-corrected chi connectivity index (χ2v) is 8.49. The van der Waals surface area contributed by atoms with E-state index in [2.05, 4.69) is 20.6 Å². The standard InChI is InChI=1S/C24H24ClFN4O5/c1-32-23-16(25)8-13(26)9-18(23)30-22-20-17(3-5-28-24(20)31)29-21(22)15-2-4-27-10-19(15)35-12-14-11-33-6-7-34-14/h2,4,8-10,14,29-30H,3,5-7,11-12H2,1H3,(H,28,31). The molecule has 0 saturated carbocycles. The number of hydrogen-bond donors (Lipinski definition) is 3. The molecule has 0 bridgehead atoms. The fraction of sp³-hybridized carbons (Fsp3) is 0.333. The first-order valence-electron chi connectivity index (χ1n) is 11.1. The number of aromatic amines is 1. The van der Waals surface area contributed by atoms with Crippen LogP contribution < -0.4 is 20.1 Å². The Morgan fingerprint density at radius 2 is 2.23 bits per heavy atom. The number of ether oxygens (including phenoxy) is 4. The van der Waals surface area contributed by atoms with Crippen LogP contribution in [-0.2, 0) is 15.9 Å². The topological polar surface area (TPSA) is 107 Å². The number of benzene rings is 1. The Hall–Kier alpha value is -3.34. The zero-order valence-corrected chi connectivity index (χ0v) is 19.7. The third-order valence-electron chi connectivity index (χ3n) is 5.80. The summed E-state index contributed by atoms with van der Waals surface area (Å²) >= 11 is 6.20. The minimum Gasteiger partial charge on any atom is -0.493 e. The van der Waals surface area contributed by atoms with Gasteiger partial charge in [0.05, 0.1) is 60.8 Å². The number of amides is 1. The maximum absolute atomic E-state index is 14.2. The zero-order chi connectivity index (χ0) is 24.4. The molecule has 4 heterocycles. The lowest BCUT2D eigenvalue weighted by Gasteiger charge is -2.23. The normalized spacial score (nSPS) is 17.5. The van der Waals surface area contributed by atoms with Crippen molar-refractivity contribution in [3.8, 4) is 22.8 Å². The van der Waals surface area contributed by atoms with Crippen LogP contribution in [0.4, 0.5) is 15.8 Å². The van der Waals surface area contributed by atoms with Crippen molar-refractivity contribution in [2.24, 2.45) is 0 Å². The number of pyridine rings is 1. The molecule has 1 amide bonds. The van der Waals surface area contributed by atoms with E-state index in [1.165, 1.54) is 13.2 Å². The molecule has 3 aromatic rings. The summed E-state index contributed by atoms with van der Waals surface area (Å²) in [6.45, 7) is 2.29. The van der Waals surface area contributed by atoms with Crippen LogP contribution >= 0.6 is 11.6 Å². The van der Waals surface area contributed by atoms with Gasteiger partial charge in [0.25, 0.3) is 5.91 Å². The van der Waals surface area contributed by atoms with Gasteiger partial charge in [-0.25, -0.2) is 4.39 Å². The van der Waals surface area contributed by atoms with Crippen LogP contribution in [0.5, 0.6) is 11.5 Å². The van der Waals surface area contributed by atoms with Crippen molar-refractivity contribution in [1.29, 1.82) is 0 Å². The van der Waals surface area contributed by atoms with Crippen molar-refractivity contribution in [2.75, 3.05) is 45.4 Å². The highest BCUT2D eigenvalue weighted by atomic mass is 35.5. The van der Waals surface area contributed by atoms with Gasteiger partial charge in [-0.3, -0.25) is 9.78 Å². The average Bonchev–Trinajstić information content (AvgIpc) is 3.22. The number of methoxy groups -OCH3 is 1. The van der Waals surface area contributed by atoms with Crippen LogP contribution in [0, 0.1) is 5.82 Å². The monoisotopic (exact) mass is 502 g/mol. The third-order valence-corrected chi connectivity index (χ3v) is 6.08. The highest BCUT2D eigenvalue weighted by molar-refractivity contribution is 6.32. The Balaban J connectivity index is 1.57. The fourth-order valence-corrected chi connectivity index (χ4v) is 4.50. The van der Waals surface area contributed by atoms with E-state index >= 15 is 0 Å². The largest absolute Gasteiger partial charge is 0.493 e. The van der Waals surface area contributed by atoms with Gasteiger partial charge < -0.3 is 34.6 Å². The summed E-state index contributed by atoms with van der Waals surface area (Å²) in [5, 5.41) is 6.14. The number of rotatable bonds is 7. The van der Waals surface area contributed by atoms with Crippen LogP contribution in [0.2, 0.25) is 5.02 Å². The number of nitrogens with one attached hydrogen (secondary N) is 3. The maximum atomic E-state index is 14.2. The lowest BCUT2D eigenvalue weighted by atomic mass is 10.0. The molecule has 35 heavy (non-hydrogen) atoms. The number of fused-ring (bicyclic) bond motifs is 1. The summed E-state index contributed by atoms with van der Waals surface area (Å²) in [5.41, 5.74) is 3.17. The molecule has 2 aliphatic rings. The summed E-state index contributed by atoms with van der Waals surface area (Å²) in [6.07, 6.45) is 3.63. The highest BCUT2D eigenvalue weighted by Gasteiger charge is 2.29. The highest BCUT2D eigenvalue weighted by Crippen LogP contribution is 2.43. The van der Waals surface area contributed by atoms with Gasteiger partial charge in [0.1, 0.15) is 24.3 Å². The van der Waals surface area contributed by atoms with E-state index in [1.807, 2.05) is 0 Å². The quantitative estimate of drug-likeness (QED) is 0.452. The number of aromatic nitrogens is 2. The summed E-state index contributed by atoms with van der Waals surface area (Å²) in [6, 6.07) is 4.21. The molecule has 3 N–H and O–H groups in total. The zero-order valence-electron chi connectivity index (χ0n) is 19.0. The smallest absolute Gasteiger partial charge is 0.255 e. The van der Waals surface area contributed by atoms with E-state index in [0.29, 0.717) is 61.0 Å². The van der Waals surface area contributed by atoms with Gasteiger partial charge in [-0.1, -0.05) is 11.6 Å². The van der Waals surface area contributed by atoms with Gasteiger partial charge in [-0.05, 0) is 12.1 Å². The first-order valence-corrected chi connectivity index (χ1v) is 11.5. The fourth-order valence-electron chi connectivity index (χ4n) is 4.22. The van der Waals surface area contributed by atoms with E-state index in [0.717, 1.165) is 11.8 Å². The molecule has 0 spiro atoms. The van der Waals surface area contributed by atoms with Gasteiger partial charge in [0, 0.05) is 36.5 Å². The minimum atomic E-state index is -0.545. The molecule has 1 aromatic carbocycles. The lowest BCUT2D eigenvalue weighted by molar-refractivity contribution is -0.101. The van der Waals surface area contributed by atoms with E-state index in [-0.39, 0.29) is 35.1 Å². The van der Waals surface area contributed by atoms with Crippen molar-refractivity contribution >= 4 is 28.9 Å². The summed E-state index contributed by atoms with van der Waals surface area (Å²) in [5.74, 6) is -0.0443. The SMILES string of the molecule is COc1c(Cl)cc(F)cc1Nc1c(-c2ccncc2OCC2COCCO2)[nH]c2c1C(=O)NCC2. The molecule has 184 valence electrons. The van der Waals surface area contributed by atoms with Gasteiger partial charge in [0.15, 0.2) is 5.75 Å². The summed E-state index contributed by atoms with van der Waals surface area (Å²) in [7, 11) is 1.44. The summed E-state index contributed by atoms with van der Waals surface area (Å²) in [4.78, 5) is 20.4. The lowest BCUT2D eigenvalue weighted by Crippen LogP contribution is -2.33. The van der Waals surface area contributed by atoms with Gasteiger partial charge >= 0.3 is 0 Å². The van der Waals surface area contributed by atoms with Crippen molar-refractivity contribution in [3.63, 3.8) is 0 Å². The second-order valence-electron chi connectivity index (χ2n) is 8.08. The third kappa shape index (κ3) is 4.77. The molecular weight excluding hydrogens is 479 g/mol. The number of nitrogens with zero attached hydrogens (tertiary/aromatic N) is 1.